The van der Waals surface area contributed by atoms with Crippen molar-refractivity contribution in [3.05, 3.63) is 16.8 Å². The van der Waals surface area contributed by atoms with Crippen molar-refractivity contribution >= 4 is 39.2 Å². The Balaban J connectivity index is 1.66. The van der Waals surface area contributed by atoms with Gasteiger partial charge in [-0.05, 0) is 38.2 Å². The van der Waals surface area contributed by atoms with Crippen LogP contribution in [0.15, 0.2) is 11.1 Å². The Morgan fingerprint density at radius 3 is 2.92 bits per heavy atom. The average Bonchev–Trinajstić information content (AvgIpc) is 2.98. The summed E-state index contributed by atoms with van der Waals surface area (Å²) in [6.07, 6.45) is 5.85. The molecule has 0 aliphatic heterocycles. The quantitative estimate of drug-likeness (QED) is 0.634. The minimum atomic E-state index is 0.120. The van der Waals surface area contributed by atoms with Crippen LogP contribution in [0.4, 0.5) is 0 Å². The summed E-state index contributed by atoms with van der Waals surface area (Å²) in [5, 5.41) is 5.24. The molecule has 2 heterocycles. The standard InChI is InChI=1S/C18H25N3OS2/c1-4-13-9-14-17(19-12(3)20-18(14)24-13)23-10-16(22)21-15-8-6-5-7-11(15)2/h9,11,15H,4-8,10H2,1-3H3,(H,21,22). The van der Waals surface area contributed by atoms with Gasteiger partial charge in [0.2, 0.25) is 5.91 Å². The van der Waals surface area contributed by atoms with E-state index in [9.17, 15) is 4.79 Å². The molecule has 2 unspecified atom stereocenters. The summed E-state index contributed by atoms with van der Waals surface area (Å²) in [6, 6.07) is 2.51. The number of nitrogens with one attached hydrogen (secondary N) is 1. The van der Waals surface area contributed by atoms with Crippen LogP contribution in [0.2, 0.25) is 0 Å². The topological polar surface area (TPSA) is 54.9 Å². The summed E-state index contributed by atoms with van der Waals surface area (Å²) >= 11 is 3.25. The molecule has 0 radical (unpaired) electrons. The number of aryl methyl sites for hydroxylation is 2. The van der Waals surface area contributed by atoms with Gasteiger partial charge in [0.1, 0.15) is 15.7 Å². The molecular weight excluding hydrogens is 338 g/mol. The Hall–Kier alpha value is -1.14. The van der Waals surface area contributed by atoms with Crippen LogP contribution >= 0.6 is 23.1 Å². The van der Waals surface area contributed by atoms with Gasteiger partial charge in [-0.15, -0.1) is 11.3 Å². The second kappa shape index (κ2) is 7.83. The molecule has 0 aromatic carbocycles. The molecular formula is C18H25N3OS2. The monoisotopic (exact) mass is 363 g/mol. The third-order valence-electron chi connectivity index (χ3n) is 4.67. The van der Waals surface area contributed by atoms with Gasteiger partial charge in [-0.3, -0.25) is 4.79 Å². The molecule has 2 aromatic heterocycles. The van der Waals surface area contributed by atoms with E-state index in [-0.39, 0.29) is 5.91 Å². The van der Waals surface area contributed by atoms with Gasteiger partial charge in [0, 0.05) is 16.3 Å². The number of nitrogens with zero attached hydrogens (tertiary/aromatic N) is 2. The minimum absolute atomic E-state index is 0.120. The van der Waals surface area contributed by atoms with Gasteiger partial charge in [0.05, 0.1) is 5.75 Å². The lowest BCUT2D eigenvalue weighted by Gasteiger charge is -2.29. The molecule has 0 bridgehead atoms. The van der Waals surface area contributed by atoms with Crippen molar-refractivity contribution < 1.29 is 4.79 Å². The van der Waals surface area contributed by atoms with Gasteiger partial charge in [0.15, 0.2) is 0 Å². The van der Waals surface area contributed by atoms with Crippen LogP contribution in [0.3, 0.4) is 0 Å². The number of aromatic nitrogens is 2. The third kappa shape index (κ3) is 4.09. The normalized spacial score (nSPS) is 21.1. The molecule has 1 saturated carbocycles. The van der Waals surface area contributed by atoms with Gasteiger partial charge < -0.3 is 5.32 Å². The fourth-order valence-corrected chi connectivity index (χ4v) is 5.18. The van der Waals surface area contributed by atoms with E-state index in [1.807, 2.05) is 6.92 Å². The Morgan fingerprint density at radius 1 is 1.38 bits per heavy atom. The number of rotatable bonds is 5. The van der Waals surface area contributed by atoms with E-state index >= 15 is 0 Å². The SMILES string of the molecule is CCc1cc2c(SCC(=O)NC3CCCCC3C)nc(C)nc2s1. The molecule has 1 amide bonds. The zero-order valence-corrected chi connectivity index (χ0v) is 16.2. The number of fused-ring (bicyclic) bond motifs is 1. The average molecular weight is 364 g/mol. The fourth-order valence-electron chi connectivity index (χ4n) is 3.24. The van der Waals surface area contributed by atoms with Crippen LogP contribution in [-0.4, -0.2) is 27.7 Å². The number of amides is 1. The maximum atomic E-state index is 12.3. The van der Waals surface area contributed by atoms with Crippen molar-refractivity contribution in [2.75, 3.05) is 5.75 Å². The molecule has 1 aliphatic carbocycles. The minimum Gasteiger partial charge on any atom is -0.352 e. The van der Waals surface area contributed by atoms with Crippen molar-refractivity contribution in [2.45, 2.75) is 63.9 Å². The van der Waals surface area contributed by atoms with Crippen molar-refractivity contribution in [3.63, 3.8) is 0 Å². The van der Waals surface area contributed by atoms with Gasteiger partial charge in [-0.2, -0.15) is 0 Å². The lowest BCUT2D eigenvalue weighted by molar-refractivity contribution is -0.119. The van der Waals surface area contributed by atoms with E-state index in [2.05, 4.69) is 35.2 Å². The van der Waals surface area contributed by atoms with Crippen LogP contribution in [0, 0.1) is 12.8 Å². The van der Waals surface area contributed by atoms with Crippen molar-refractivity contribution in [3.8, 4) is 0 Å². The molecule has 6 heteroatoms. The maximum absolute atomic E-state index is 12.3. The Bertz CT molecular complexity index is 728. The smallest absolute Gasteiger partial charge is 0.230 e. The third-order valence-corrected chi connectivity index (χ3v) is 6.83. The Labute approximate surface area is 151 Å². The van der Waals surface area contributed by atoms with E-state index in [1.54, 1.807) is 11.3 Å². The second-order valence-corrected chi connectivity index (χ2v) is 8.66. The van der Waals surface area contributed by atoms with Crippen LogP contribution in [0.1, 0.15) is 50.2 Å². The number of carbonyl (C=O) groups excluding carboxylic acids is 1. The molecule has 0 saturated heterocycles. The number of thiophene rings is 1. The van der Waals surface area contributed by atoms with Gasteiger partial charge in [0.25, 0.3) is 0 Å². The summed E-state index contributed by atoms with van der Waals surface area (Å²) in [5.74, 6) is 1.90. The van der Waals surface area contributed by atoms with Crippen LogP contribution < -0.4 is 5.32 Å². The lowest BCUT2D eigenvalue weighted by Crippen LogP contribution is -2.41. The maximum Gasteiger partial charge on any atom is 0.230 e. The van der Waals surface area contributed by atoms with E-state index in [0.29, 0.717) is 17.7 Å². The first-order chi connectivity index (χ1) is 11.6. The molecule has 0 spiro atoms. The van der Waals surface area contributed by atoms with Crippen molar-refractivity contribution in [2.24, 2.45) is 5.92 Å². The van der Waals surface area contributed by atoms with Crippen molar-refractivity contribution in [1.82, 2.24) is 15.3 Å². The summed E-state index contributed by atoms with van der Waals surface area (Å²) < 4.78 is 0. The summed E-state index contributed by atoms with van der Waals surface area (Å²) in [7, 11) is 0. The first-order valence-electron chi connectivity index (χ1n) is 8.76. The highest BCUT2D eigenvalue weighted by Gasteiger charge is 2.23. The molecule has 3 rings (SSSR count). The molecule has 1 fully saturated rings. The van der Waals surface area contributed by atoms with E-state index < -0.39 is 0 Å². The summed E-state index contributed by atoms with van der Waals surface area (Å²) in [6.45, 7) is 6.31. The Kier molecular flexibility index (Phi) is 5.76. The number of thioether (sulfide) groups is 1. The largest absolute Gasteiger partial charge is 0.352 e. The van der Waals surface area contributed by atoms with Crippen LogP contribution in [0.25, 0.3) is 10.2 Å². The lowest BCUT2D eigenvalue weighted by atomic mass is 9.86. The highest BCUT2D eigenvalue weighted by atomic mass is 32.2. The first kappa shape index (κ1) is 17.7. The number of carbonyl (C=O) groups is 1. The summed E-state index contributed by atoms with van der Waals surface area (Å²) in [4.78, 5) is 23.8. The molecule has 24 heavy (non-hydrogen) atoms. The fraction of sp³-hybridized carbons (Fsp3) is 0.611. The molecule has 2 atom stereocenters. The van der Waals surface area contributed by atoms with Crippen LogP contribution in [-0.2, 0) is 11.2 Å². The predicted molar refractivity (Wildman–Crippen MR) is 102 cm³/mol. The molecule has 130 valence electrons. The Morgan fingerprint density at radius 2 is 2.17 bits per heavy atom. The summed E-state index contributed by atoms with van der Waals surface area (Å²) in [5.41, 5.74) is 0. The molecule has 2 aromatic rings. The highest BCUT2D eigenvalue weighted by molar-refractivity contribution is 8.00. The number of hydrogen-bond donors (Lipinski definition) is 1. The van der Waals surface area contributed by atoms with Crippen LogP contribution in [0.5, 0.6) is 0 Å². The zero-order chi connectivity index (χ0) is 17.1. The van der Waals surface area contributed by atoms with E-state index in [0.717, 1.165) is 33.9 Å². The first-order valence-corrected chi connectivity index (χ1v) is 10.6. The molecule has 4 nitrogen and oxygen atoms in total. The van der Waals surface area contributed by atoms with Gasteiger partial charge in [-0.1, -0.05) is 38.5 Å². The molecule has 1 aliphatic rings. The highest BCUT2D eigenvalue weighted by Crippen LogP contribution is 2.32. The second-order valence-electron chi connectivity index (χ2n) is 6.59. The van der Waals surface area contributed by atoms with Gasteiger partial charge >= 0.3 is 0 Å². The van der Waals surface area contributed by atoms with Crippen molar-refractivity contribution in [1.29, 1.82) is 0 Å². The van der Waals surface area contributed by atoms with E-state index in [4.69, 9.17) is 0 Å². The number of hydrogen-bond acceptors (Lipinski definition) is 5. The van der Waals surface area contributed by atoms with Gasteiger partial charge in [-0.25, -0.2) is 9.97 Å². The van der Waals surface area contributed by atoms with E-state index in [1.165, 1.54) is 35.9 Å². The predicted octanol–water partition coefficient (Wildman–Crippen LogP) is 4.35. The zero-order valence-electron chi connectivity index (χ0n) is 14.6. The molecule has 1 N–H and O–H groups in total.